The average Bonchev–Trinajstić information content (AvgIpc) is 2.58. The molecule has 2 aromatic heterocycles. The van der Waals surface area contributed by atoms with Crippen molar-refractivity contribution in [2.45, 2.75) is 0 Å². The van der Waals surface area contributed by atoms with E-state index in [-0.39, 0.29) is 0 Å². The minimum absolute atomic E-state index is 0.629. The number of nitrogens with one attached hydrogen (secondary N) is 1. The molecule has 6 heteroatoms. The van der Waals surface area contributed by atoms with E-state index in [2.05, 4.69) is 20.3 Å². The van der Waals surface area contributed by atoms with E-state index in [9.17, 15) is 0 Å². The van der Waals surface area contributed by atoms with Crippen LogP contribution in [0.15, 0.2) is 18.3 Å². The number of halogens is 1. The molecule has 5 nitrogen and oxygen atoms in total. The highest BCUT2D eigenvalue weighted by atomic mass is 35.5. The molecular weight excluding hydrogens is 226 g/mol. The minimum atomic E-state index is 0.629. The lowest BCUT2D eigenvalue weighted by molar-refractivity contribution is 0.425. The van der Waals surface area contributed by atoms with Gasteiger partial charge in [0.1, 0.15) is 0 Å². The molecule has 0 aliphatic carbocycles. The lowest BCUT2D eigenvalue weighted by atomic mass is 10.5. The van der Waals surface area contributed by atoms with Crippen LogP contribution in [-0.2, 0) is 0 Å². The molecule has 0 atom stereocenters. The van der Waals surface area contributed by atoms with Gasteiger partial charge in [-0.2, -0.15) is 4.98 Å². The van der Waals surface area contributed by atoms with Crippen LogP contribution in [0.1, 0.15) is 0 Å². The maximum atomic E-state index is 5.86. The van der Waals surface area contributed by atoms with Crippen LogP contribution < -0.4 is 5.32 Å². The summed E-state index contributed by atoms with van der Waals surface area (Å²) in [5.41, 5.74) is 0.789. The molecule has 0 bridgehead atoms. The van der Waals surface area contributed by atoms with Crippen LogP contribution in [0.25, 0.3) is 5.65 Å². The van der Waals surface area contributed by atoms with Crippen molar-refractivity contribution in [3.05, 3.63) is 23.4 Å². The second kappa shape index (κ2) is 4.67. The zero-order valence-corrected chi connectivity index (χ0v) is 10.1. The van der Waals surface area contributed by atoms with Gasteiger partial charge in [-0.05, 0) is 26.2 Å². The van der Waals surface area contributed by atoms with Gasteiger partial charge in [-0.25, -0.2) is 4.52 Å². The largest absolute Gasteiger partial charge is 0.352 e. The van der Waals surface area contributed by atoms with Crippen LogP contribution in [0.5, 0.6) is 0 Å². The van der Waals surface area contributed by atoms with E-state index < -0.39 is 0 Å². The lowest BCUT2D eigenvalue weighted by Crippen LogP contribution is -2.21. The monoisotopic (exact) mass is 239 g/mol. The van der Waals surface area contributed by atoms with Crippen LogP contribution >= 0.6 is 11.6 Å². The standard InChI is InChI=1S/C10H14ClN5/c1-15(2)6-5-12-10-13-9-4-3-8(11)7-16(9)14-10/h3-4,7H,5-6H2,1-2H3,(H,12,14). The summed E-state index contributed by atoms with van der Waals surface area (Å²) in [6, 6.07) is 3.64. The average molecular weight is 240 g/mol. The Hall–Kier alpha value is -1.33. The molecule has 2 rings (SSSR count). The van der Waals surface area contributed by atoms with E-state index >= 15 is 0 Å². The van der Waals surface area contributed by atoms with E-state index in [1.54, 1.807) is 16.8 Å². The zero-order valence-electron chi connectivity index (χ0n) is 9.31. The number of hydrogen-bond acceptors (Lipinski definition) is 4. The van der Waals surface area contributed by atoms with Gasteiger partial charge in [-0.15, -0.1) is 5.10 Å². The number of fused-ring (bicyclic) bond motifs is 1. The molecule has 0 fully saturated rings. The molecule has 1 N–H and O–H groups in total. The van der Waals surface area contributed by atoms with Crippen molar-refractivity contribution < 1.29 is 0 Å². The molecule has 0 aliphatic heterocycles. The number of anilines is 1. The molecule has 0 saturated carbocycles. The summed E-state index contributed by atoms with van der Waals surface area (Å²) in [4.78, 5) is 6.41. The van der Waals surface area contributed by atoms with Crippen molar-refractivity contribution in [3.63, 3.8) is 0 Å². The van der Waals surface area contributed by atoms with Gasteiger partial charge in [0.25, 0.3) is 0 Å². The van der Waals surface area contributed by atoms with Crippen LogP contribution in [0, 0.1) is 0 Å². The molecule has 2 aromatic rings. The Morgan fingerprint density at radius 2 is 2.25 bits per heavy atom. The summed E-state index contributed by atoms with van der Waals surface area (Å²) >= 11 is 5.86. The van der Waals surface area contributed by atoms with Crippen LogP contribution in [0.2, 0.25) is 5.02 Å². The Kier molecular flexibility index (Phi) is 3.26. The molecule has 2 heterocycles. The lowest BCUT2D eigenvalue weighted by Gasteiger charge is -2.08. The van der Waals surface area contributed by atoms with Gasteiger partial charge in [-0.1, -0.05) is 11.6 Å². The Morgan fingerprint density at radius 1 is 1.44 bits per heavy atom. The first kappa shape index (κ1) is 11.2. The van der Waals surface area contributed by atoms with Crippen molar-refractivity contribution in [1.29, 1.82) is 0 Å². The van der Waals surface area contributed by atoms with E-state index in [0.29, 0.717) is 11.0 Å². The zero-order chi connectivity index (χ0) is 11.5. The molecule has 0 radical (unpaired) electrons. The molecule has 0 spiro atoms. The fourth-order valence-electron chi connectivity index (χ4n) is 1.32. The molecule has 16 heavy (non-hydrogen) atoms. The number of aromatic nitrogens is 3. The third-order valence-corrected chi connectivity index (χ3v) is 2.36. The Labute approximate surface area is 99.0 Å². The first-order valence-electron chi connectivity index (χ1n) is 5.06. The van der Waals surface area contributed by atoms with Gasteiger partial charge in [0.15, 0.2) is 5.65 Å². The topological polar surface area (TPSA) is 45.5 Å². The third-order valence-electron chi connectivity index (χ3n) is 2.14. The number of hydrogen-bond donors (Lipinski definition) is 1. The SMILES string of the molecule is CN(C)CCNc1nc2ccc(Cl)cn2n1. The highest BCUT2D eigenvalue weighted by molar-refractivity contribution is 6.30. The summed E-state index contributed by atoms with van der Waals surface area (Å²) in [7, 11) is 4.05. The maximum Gasteiger partial charge on any atom is 0.243 e. The first-order valence-corrected chi connectivity index (χ1v) is 5.43. The summed E-state index contributed by atoms with van der Waals surface area (Å²) in [6.07, 6.45) is 1.74. The summed E-state index contributed by atoms with van der Waals surface area (Å²) in [6.45, 7) is 1.76. The van der Waals surface area contributed by atoms with Gasteiger partial charge >= 0.3 is 0 Å². The first-order chi connectivity index (χ1) is 7.65. The summed E-state index contributed by atoms with van der Waals surface area (Å²) in [5, 5.41) is 8.07. The van der Waals surface area contributed by atoms with Crippen LogP contribution in [0.4, 0.5) is 5.95 Å². The van der Waals surface area contributed by atoms with Crippen molar-refractivity contribution in [1.82, 2.24) is 19.5 Å². The number of rotatable bonds is 4. The van der Waals surface area contributed by atoms with Crippen LogP contribution in [-0.4, -0.2) is 46.7 Å². The van der Waals surface area contributed by atoms with Crippen LogP contribution in [0.3, 0.4) is 0 Å². The predicted molar refractivity (Wildman–Crippen MR) is 65.0 cm³/mol. The number of nitrogens with zero attached hydrogens (tertiary/aromatic N) is 4. The van der Waals surface area contributed by atoms with Gasteiger partial charge in [0.05, 0.1) is 5.02 Å². The van der Waals surface area contributed by atoms with Crippen molar-refractivity contribution in [2.75, 3.05) is 32.5 Å². The fraction of sp³-hybridized carbons (Fsp3) is 0.400. The van der Waals surface area contributed by atoms with Gasteiger partial charge in [0.2, 0.25) is 5.95 Å². The van der Waals surface area contributed by atoms with E-state index in [1.165, 1.54) is 0 Å². The highest BCUT2D eigenvalue weighted by Crippen LogP contribution is 2.11. The molecule has 86 valence electrons. The van der Waals surface area contributed by atoms with Gasteiger partial charge < -0.3 is 10.2 Å². The highest BCUT2D eigenvalue weighted by Gasteiger charge is 2.02. The summed E-state index contributed by atoms with van der Waals surface area (Å²) < 4.78 is 1.67. The van der Waals surface area contributed by atoms with Gasteiger partial charge in [-0.3, -0.25) is 0 Å². The Bertz CT molecular complexity index is 479. The molecule has 0 saturated heterocycles. The number of likely N-dealkylation sites (N-methyl/N-ethyl adjacent to an activating group) is 1. The summed E-state index contributed by atoms with van der Waals surface area (Å²) in [5.74, 6) is 0.629. The van der Waals surface area contributed by atoms with Gasteiger partial charge in [0, 0.05) is 19.3 Å². The molecule has 0 aromatic carbocycles. The van der Waals surface area contributed by atoms with E-state index in [1.807, 2.05) is 20.2 Å². The maximum absolute atomic E-state index is 5.86. The Morgan fingerprint density at radius 3 is 3.00 bits per heavy atom. The smallest absolute Gasteiger partial charge is 0.243 e. The van der Waals surface area contributed by atoms with Crippen molar-refractivity contribution >= 4 is 23.2 Å². The second-order valence-corrected chi connectivity index (χ2v) is 4.25. The minimum Gasteiger partial charge on any atom is -0.352 e. The normalized spacial score (nSPS) is 11.2. The predicted octanol–water partition coefficient (Wildman–Crippen LogP) is 1.36. The fourth-order valence-corrected chi connectivity index (χ4v) is 1.48. The third kappa shape index (κ3) is 2.62. The number of pyridine rings is 1. The Balaban J connectivity index is 2.08. The molecule has 0 amide bonds. The quantitative estimate of drug-likeness (QED) is 0.875. The molecular formula is C10H14ClN5. The van der Waals surface area contributed by atoms with E-state index in [0.717, 1.165) is 18.7 Å². The van der Waals surface area contributed by atoms with E-state index in [4.69, 9.17) is 11.6 Å². The van der Waals surface area contributed by atoms with Crippen molar-refractivity contribution in [3.8, 4) is 0 Å². The molecule has 0 unspecified atom stereocenters. The second-order valence-electron chi connectivity index (χ2n) is 3.82. The van der Waals surface area contributed by atoms with Crippen molar-refractivity contribution in [2.24, 2.45) is 0 Å². The molecule has 0 aliphatic rings.